The summed E-state index contributed by atoms with van der Waals surface area (Å²) in [4.78, 5) is 4.15. The Bertz CT molecular complexity index is 392. The topological polar surface area (TPSA) is 15.3 Å². The van der Waals surface area contributed by atoms with Gasteiger partial charge in [-0.05, 0) is 44.9 Å². The van der Waals surface area contributed by atoms with Gasteiger partial charge in [0.05, 0.1) is 4.34 Å². The molecule has 0 aromatic carbocycles. The molecule has 2 saturated heterocycles. The van der Waals surface area contributed by atoms with Gasteiger partial charge in [0.2, 0.25) is 0 Å². The Morgan fingerprint density at radius 1 is 1.33 bits per heavy atom. The molecule has 18 heavy (non-hydrogen) atoms. The molecule has 2 bridgehead atoms. The van der Waals surface area contributed by atoms with E-state index in [9.17, 15) is 0 Å². The average molecular weight is 285 g/mol. The Balaban J connectivity index is 1.71. The molecule has 0 aliphatic carbocycles. The number of nitrogens with zero attached hydrogens (tertiary/aromatic N) is 1. The van der Waals surface area contributed by atoms with E-state index in [1.54, 1.807) is 11.3 Å². The van der Waals surface area contributed by atoms with Gasteiger partial charge >= 0.3 is 0 Å². The second kappa shape index (κ2) is 5.49. The van der Waals surface area contributed by atoms with Crippen molar-refractivity contribution < 1.29 is 0 Å². The van der Waals surface area contributed by atoms with Crippen LogP contribution in [0, 0.1) is 0 Å². The van der Waals surface area contributed by atoms with Gasteiger partial charge in [-0.1, -0.05) is 18.0 Å². The van der Waals surface area contributed by atoms with Crippen LogP contribution >= 0.6 is 22.9 Å². The third-order valence-electron chi connectivity index (χ3n) is 4.50. The minimum atomic E-state index is 0.725. The summed E-state index contributed by atoms with van der Waals surface area (Å²) >= 11 is 7.77. The minimum Gasteiger partial charge on any atom is -0.317 e. The van der Waals surface area contributed by atoms with Crippen LogP contribution in [0.5, 0.6) is 0 Å². The molecule has 1 aromatic rings. The van der Waals surface area contributed by atoms with Crippen LogP contribution in [0.4, 0.5) is 0 Å². The normalized spacial score (nSPS) is 32.7. The lowest BCUT2D eigenvalue weighted by Crippen LogP contribution is -2.55. The van der Waals surface area contributed by atoms with Crippen molar-refractivity contribution in [3.63, 3.8) is 0 Å². The molecule has 2 fully saturated rings. The van der Waals surface area contributed by atoms with E-state index in [0.29, 0.717) is 0 Å². The van der Waals surface area contributed by atoms with Crippen molar-refractivity contribution >= 4 is 22.9 Å². The van der Waals surface area contributed by atoms with E-state index in [0.717, 1.165) is 29.0 Å². The van der Waals surface area contributed by atoms with Crippen LogP contribution in [0.2, 0.25) is 4.34 Å². The summed E-state index contributed by atoms with van der Waals surface area (Å²) in [5, 5.41) is 3.48. The minimum absolute atomic E-state index is 0.725. The van der Waals surface area contributed by atoms with Crippen molar-refractivity contribution in [2.75, 3.05) is 7.05 Å². The first-order chi connectivity index (χ1) is 8.76. The number of hydrogen-bond donors (Lipinski definition) is 1. The second-order valence-electron chi connectivity index (χ2n) is 5.57. The van der Waals surface area contributed by atoms with E-state index >= 15 is 0 Å². The standard InChI is InChI=1S/C14H21ClN2S/c1-16-10-7-11-3-2-4-12(8-10)17(11)9-13-5-6-14(15)18-13/h5-6,10-12,16H,2-4,7-9H2,1H3. The molecule has 2 atom stereocenters. The lowest BCUT2D eigenvalue weighted by Gasteiger charge is -2.48. The van der Waals surface area contributed by atoms with Gasteiger partial charge in [0.1, 0.15) is 0 Å². The van der Waals surface area contributed by atoms with Crippen LogP contribution in [0.15, 0.2) is 12.1 Å². The predicted octanol–water partition coefficient (Wildman–Crippen LogP) is 3.51. The maximum absolute atomic E-state index is 6.03. The molecule has 3 rings (SSSR count). The molecule has 0 amide bonds. The van der Waals surface area contributed by atoms with Crippen molar-refractivity contribution in [2.45, 2.75) is 56.8 Å². The van der Waals surface area contributed by atoms with Crippen LogP contribution in [-0.2, 0) is 6.54 Å². The van der Waals surface area contributed by atoms with E-state index in [4.69, 9.17) is 11.6 Å². The highest BCUT2D eigenvalue weighted by Gasteiger charge is 2.37. The molecule has 2 unspecified atom stereocenters. The number of hydrogen-bond acceptors (Lipinski definition) is 3. The summed E-state index contributed by atoms with van der Waals surface area (Å²) < 4.78 is 0.917. The zero-order valence-corrected chi connectivity index (χ0v) is 12.4. The highest BCUT2D eigenvalue weighted by Crippen LogP contribution is 2.36. The SMILES string of the molecule is CNC1CC2CCCC(C1)N2Cc1ccc(Cl)s1. The lowest BCUT2D eigenvalue weighted by molar-refractivity contribution is 0.0199. The lowest BCUT2D eigenvalue weighted by atomic mass is 9.82. The van der Waals surface area contributed by atoms with E-state index in [1.165, 1.54) is 37.0 Å². The third kappa shape index (κ3) is 2.60. The molecule has 0 spiro atoms. The Kier molecular flexibility index (Phi) is 3.94. The monoisotopic (exact) mass is 284 g/mol. The van der Waals surface area contributed by atoms with Crippen LogP contribution in [-0.4, -0.2) is 30.1 Å². The van der Waals surface area contributed by atoms with Crippen LogP contribution in [0.1, 0.15) is 37.0 Å². The summed E-state index contributed by atoms with van der Waals surface area (Å²) in [5.74, 6) is 0. The van der Waals surface area contributed by atoms with Gasteiger partial charge in [-0.25, -0.2) is 0 Å². The largest absolute Gasteiger partial charge is 0.317 e. The van der Waals surface area contributed by atoms with E-state index in [1.807, 2.05) is 6.07 Å². The molecule has 0 radical (unpaired) electrons. The first kappa shape index (κ1) is 12.9. The van der Waals surface area contributed by atoms with Gasteiger partial charge in [0.15, 0.2) is 0 Å². The van der Waals surface area contributed by atoms with Crippen molar-refractivity contribution in [2.24, 2.45) is 0 Å². The van der Waals surface area contributed by atoms with Crippen molar-refractivity contribution in [1.29, 1.82) is 0 Å². The molecule has 4 heteroatoms. The molecule has 2 nitrogen and oxygen atoms in total. The Labute approximate surface area is 118 Å². The van der Waals surface area contributed by atoms with E-state index < -0.39 is 0 Å². The molecule has 0 saturated carbocycles. The molecular weight excluding hydrogens is 264 g/mol. The highest BCUT2D eigenvalue weighted by molar-refractivity contribution is 7.16. The van der Waals surface area contributed by atoms with Crippen LogP contribution < -0.4 is 5.32 Å². The smallest absolute Gasteiger partial charge is 0.0931 e. The van der Waals surface area contributed by atoms with Gasteiger partial charge in [-0.2, -0.15) is 0 Å². The zero-order valence-electron chi connectivity index (χ0n) is 10.9. The molecule has 3 heterocycles. The maximum atomic E-state index is 6.03. The van der Waals surface area contributed by atoms with Crippen molar-refractivity contribution in [3.05, 3.63) is 21.3 Å². The molecule has 1 aromatic heterocycles. The van der Waals surface area contributed by atoms with Crippen LogP contribution in [0.3, 0.4) is 0 Å². The van der Waals surface area contributed by atoms with Gasteiger partial charge < -0.3 is 5.32 Å². The number of rotatable bonds is 3. The molecular formula is C14H21ClN2S. The fourth-order valence-electron chi connectivity index (χ4n) is 3.59. The number of nitrogens with one attached hydrogen (secondary N) is 1. The fraction of sp³-hybridized carbons (Fsp3) is 0.714. The third-order valence-corrected chi connectivity index (χ3v) is 5.72. The van der Waals surface area contributed by atoms with E-state index in [2.05, 4.69) is 23.3 Å². The maximum Gasteiger partial charge on any atom is 0.0931 e. The molecule has 1 N–H and O–H groups in total. The second-order valence-corrected chi connectivity index (χ2v) is 7.37. The number of halogens is 1. The summed E-state index contributed by atoms with van der Waals surface area (Å²) in [7, 11) is 2.11. The quantitative estimate of drug-likeness (QED) is 0.914. The van der Waals surface area contributed by atoms with E-state index in [-0.39, 0.29) is 0 Å². The first-order valence-corrected chi connectivity index (χ1v) is 8.13. The van der Waals surface area contributed by atoms with Gasteiger partial charge in [0, 0.05) is 29.5 Å². The number of fused-ring (bicyclic) bond motifs is 2. The highest BCUT2D eigenvalue weighted by atomic mass is 35.5. The number of thiophene rings is 1. The van der Waals surface area contributed by atoms with Gasteiger partial charge in [-0.15, -0.1) is 11.3 Å². The van der Waals surface area contributed by atoms with Crippen molar-refractivity contribution in [1.82, 2.24) is 10.2 Å². The Hall–Kier alpha value is -0.0900. The van der Waals surface area contributed by atoms with Crippen molar-refractivity contribution in [3.8, 4) is 0 Å². The zero-order chi connectivity index (χ0) is 12.5. The molecule has 2 aliphatic rings. The summed E-state index contributed by atoms with van der Waals surface area (Å²) in [6.45, 7) is 1.10. The molecule has 2 aliphatic heterocycles. The van der Waals surface area contributed by atoms with Gasteiger partial charge in [-0.3, -0.25) is 4.90 Å². The molecule has 100 valence electrons. The van der Waals surface area contributed by atoms with Gasteiger partial charge in [0.25, 0.3) is 0 Å². The summed E-state index contributed by atoms with van der Waals surface area (Å²) in [6.07, 6.45) is 6.77. The summed E-state index contributed by atoms with van der Waals surface area (Å²) in [5.41, 5.74) is 0. The predicted molar refractivity (Wildman–Crippen MR) is 78.4 cm³/mol. The average Bonchev–Trinajstić information content (AvgIpc) is 2.74. The summed E-state index contributed by atoms with van der Waals surface area (Å²) in [6, 6.07) is 6.49. The number of piperidine rings is 2. The first-order valence-electron chi connectivity index (χ1n) is 6.93. The fourth-order valence-corrected chi connectivity index (χ4v) is 4.69. The Morgan fingerprint density at radius 3 is 2.61 bits per heavy atom. The van der Waals surface area contributed by atoms with Crippen LogP contribution in [0.25, 0.3) is 0 Å². The Morgan fingerprint density at radius 2 is 2.06 bits per heavy atom.